The SMILES string of the molecule is CCn1c(CCCNC(=O)OCc2ccccc2)c(O)n(CC(=O)O)c1=O. The molecule has 0 radical (unpaired) electrons. The fourth-order valence-corrected chi connectivity index (χ4v) is 2.70. The van der Waals surface area contributed by atoms with Crippen LogP contribution >= 0.6 is 0 Å². The molecule has 0 unspecified atom stereocenters. The number of amides is 1. The van der Waals surface area contributed by atoms with Gasteiger partial charge in [-0.2, -0.15) is 0 Å². The minimum absolute atomic E-state index is 0.168. The first-order valence-corrected chi connectivity index (χ1v) is 8.61. The maximum atomic E-state index is 12.2. The number of carboxylic acid groups (broad SMARTS) is 1. The standard InChI is InChI=1S/C18H23N3O6/c1-2-20-14(16(24)21(18(20)26)11-15(22)23)9-6-10-19-17(25)27-12-13-7-4-3-5-8-13/h3-5,7-8,24H,2,6,9-12H2,1H3,(H,19,25)(H,22,23). The van der Waals surface area contributed by atoms with Crippen LogP contribution in [0.25, 0.3) is 0 Å². The van der Waals surface area contributed by atoms with Gasteiger partial charge in [0, 0.05) is 13.1 Å². The van der Waals surface area contributed by atoms with E-state index in [1.165, 1.54) is 4.57 Å². The molecule has 0 fully saturated rings. The summed E-state index contributed by atoms with van der Waals surface area (Å²) in [5, 5.41) is 21.6. The molecule has 0 aliphatic rings. The number of aliphatic carboxylic acids is 1. The van der Waals surface area contributed by atoms with Crippen molar-refractivity contribution in [2.75, 3.05) is 6.54 Å². The number of ether oxygens (including phenoxy) is 1. The summed E-state index contributed by atoms with van der Waals surface area (Å²) >= 11 is 0. The fourth-order valence-electron chi connectivity index (χ4n) is 2.70. The highest BCUT2D eigenvalue weighted by Crippen LogP contribution is 2.17. The zero-order chi connectivity index (χ0) is 19.8. The van der Waals surface area contributed by atoms with Crippen molar-refractivity contribution in [1.29, 1.82) is 0 Å². The van der Waals surface area contributed by atoms with Gasteiger partial charge in [0.1, 0.15) is 13.2 Å². The fraction of sp³-hybridized carbons (Fsp3) is 0.389. The predicted octanol–water partition coefficient (Wildman–Crippen LogP) is 1.32. The topological polar surface area (TPSA) is 123 Å². The maximum absolute atomic E-state index is 12.2. The molecule has 0 bridgehead atoms. The normalized spacial score (nSPS) is 10.6. The van der Waals surface area contributed by atoms with Gasteiger partial charge in [0.05, 0.1) is 5.69 Å². The molecule has 27 heavy (non-hydrogen) atoms. The van der Waals surface area contributed by atoms with Gasteiger partial charge in [0.25, 0.3) is 0 Å². The number of imidazole rings is 1. The van der Waals surface area contributed by atoms with E-state index < -0.39 is 24.3 Å². The highest BCUT2D eigenvalue weighted by Gasteiger charge is 2.19. The molecule has 146 valence electrons. The highest BCUT2D eigenvalue weighted by atomic mass is 16.5. The van der Waals surface area contributed by atoms with Gasteiger partial charge in [-0.15, -0.1) is 0 Å². The van der Waals surface area contributed by atoms with E-state index in [-0.39, 0.29) is 19.0 Å². The summed E-state index contributed by atoms with van der Waals surface area (Å²) in [7, 11) is 0. The minimum Gasteiger partial charge on any atom is -0.493 e. The number of rotatable bonds is 9. The number of carbonyl (C=O) groups excluding carboxylic acids is 1. The van der Waals surface area contributed by atoms with Crippen LogP contribution in [-0.4, -0.2) is 38.0 Å². The third-order valence-corrected chi connectivity index (χ3v) is 3.98. The molecule has 2 rings (SSSR count). The van der Waals surface area contributed by atoms with Crippen LogP contribution < -0.4 is 11.0 Å². The maximum Gasteiger partial charge on any atom is 0.407 e. The molecule has 2 aromatic rings. The molecule has 9 heteroatoms. The first-order valence-electron chi connectivity index (χ1n) is 8.61. The van der Waals surface area contributed by atoms with Crippen molar-refractivity contribution in [2.45, 2.75) is 39.5 Å². The zero-order valence-corrected chi connectivity index (χ0v) is 15.1. The van der Waals surface area contributed by atoms with Gasteiger partial charge in [-0.3, -0.25) is 13.9 Å². The highest BCUT2D eigenvalue weighted by molar-refractivity contribution is 5.67. The Morgan fingerprint density at radius 1 is 1.19 bits per heavy atom. The second-order valence-corrected chi connectivity index (χ2v) is 5.87. The number of carbonyl (C=O) groups is 2. The summed E-state index contributed by atoms with van der Waals surface area (Å²) in [5.74, 6) is -1.56. The van der Waals surface area contributed by atoms with Crippen LogP contribution in [0.1, 0.15) is 24.6 Å². The van der Waals surface area contributed by atoms with E-state index >= 15 is 0 Å². The number of carboxylic acids is 1. The third-order valence-electron chi connectivity index (χ3n) is 3.98. The summed E-state index contributed by atoms with van der Waals surface area (Å²) in [6.07, 6.45) is 0.199. The first-order chi connectivity index (χ1) is 12.9. The second kappa shape index (κ2) is 9.46. The minimum atomic E-state index is -1.21. The molecular formula is C18H23N3O6. The molecule has 0 aliphatic heterocycles. The molecule has 0 saturated carbocycles. The van der Waals surface area contributed by atoms with E-state index in [0.29, 0.717) is 25.1 Å². The molecule has 9 nitrogen and oxygen atoms in total. The molecule has 1 amide bonds. The van der Waals surface area contributed by atoms with Crippen molar-refractivity contribution in [3.05, 3.63) is 52.1 Å². The number of hydrogen-bond acceptors (Lipinski definition) is 5. The molecule has 1 aromatic carbocycles. The zero-order valence-electron chi connectivity index (χ0n) is 15.1. The lowest BCUT2D eigenvalue weighted by Gasteiger charge is -2.08. The molecule has 0 aliphatic carbocycles. The van der Waals surface area contributed by atoms with Crippen LogP contribution in [0.3, 0.4) is 0 Å². The van der Waals surface area contributed by atoms with Crippen LogP contribution in [-0.2, 0) is 35.6 Å². The summed E-state index contributed by atoms with van der Waals surface area (Å²) in [6.45, 7) is 1.89. The van der Waals surface area contributed by atoms with E-state index in [2.05, 4.69) is 5.32 Å². The Morgan fingerprint density at radius 3 is 2.52 bits per heavy atom. The van der Waals surface area contributed by atoms with Gasteiger partial charge < -0.3 is 20.3 Å². The van der Waals surface area contributed by atoms with Gasteiger partial charge in [0.15, 0.2) is 0 Å². The summed E-state index contributed by atoms with van der Waals surface area (Å²) in [5.41, 5.74) is 0.662. The number of aromatic hydroxyl groups is 1. The van der Waals surface area contributed by atoms with Gasteiger partial charge in [-0.05, 0) is 25.3 Å². The van der Waals surface area contributed by atoms with Crippen molar-refractivity contribution in [3.8, 4) is 5.88 Å². The Balaban J connectivity index is 1.85. The van der Waals surface area contributed by atoms with E-state index in [1.54, 1.807) is 6.92 Å². The van der Waals surface area contributed by atoms with Crippen molar-refractivity contribution < 1.29 is 24.5 Å². The Morgan fingerprint density at radius 2 is 1.89 bits per heavy atom. The summed E-state index contributed by atoms with van der Waals surface area (Å²) in [4.78, 5) is 34.7. The quantitative estimate of drug-likeness (QED) is 0.567. The van der Waals surface area contributed by atoms with Crippen molar-refractivity contribution >= 4 is 12.1 Å². The van der Waals surface area contributed by atoms with Crippen LogP contribution in [0, 0.1) is 0 Å². The van der Waals surface area contributed by atoms with Crippen LogP contribution in [0.4, 0.5) is 4.79 Å². The Hall–Kier alpha value is -3.23. The summed E-state index contributed by atoms with van der Waals surface area (Å²) in [6, 6.07) is 9.28. The number of nitrogens with zero attached hydrogens (tertiary/aromatic N) is 2. The number of nitrogens with one attached hydrogen (secondary N) is 1. The number of aromatic nitrogens is 2. The molecule has 1 heterocycles. The van der Waals surface area contributed by atoms with Crippen molar-refractivity contribution in [3.63, 3.8) is 0 Å². The number of alkyl carbamates (subject to hydrolysis) is 1. The third kappa shape index (κ3) is 5.37. The number of benzene rings is 1. The monoisotopic (exact) mass is 377 g/mol. The Kier molecular flexibility index (Phi) is 7.04. The van der Waals surface area contributed by atoms with Crippen molar-refractivity contribution in [2.24, 2.45) is 0 Å². The van der Waals surface area contributed by atoms with Crippen LogP contribution in [0.2, 0.25) is 0 Å². The van der Waals surface area contributed by atoms with Gasteiger partial charge in [-0.25, -0.2) is 9.59 Å². The van der Waals surface area contributed by atoms with E-state index in [0.717, 1.165) is 10.1 Å². The second-order valence-electron chi connectivity index (χ2n) is 5.87. The van der Waals surface area contributed by atoms with Crippen LogP contribution in [0.5, 0.6) is 5.88 Å². The average molecular weight is 377 g/mol. The average Bonchev–Trinajstić information content (AvgIpc) is 2.87. The number of hydrogen-bond donors (Lipinski definition) is 3. The largest absolute Gasteiger partial charge is 0.493 e. The van der Waals surface area contributed by atoms with Crippen LogP contribution in [0.15, 0.2) is 35.1 Å². The first kappa shape index (κ1) is 20.1. The molecule has 0 atom stereocenters. The lowest BCUT2D eigenvalue weighted by Crippen LogP contribution is -2.27. The van der Waals surface area contributed by atoms with Gasteiger partial charge in [-0.1, -0.05) is 30.3 Å². The van der Waals surface area contributed by atoms with E-state index in [1.807, 2.05) is 30.3 Å². The molecule has 1 aromatic heterocycles. The molecule has 0 spiro atoms. The van der Waals surface area contributed by atoms with Gasteiger partial charge >= 0.3 is 17.8 Å². The van der Waals surface area contributed by atoms with E-state index in [9.17, 15) is 19.5 Å². The lowest BCUT2D eigenvalue weighted by atomic mass is 10.2. The molecule has 0 saturated heterocycles. The molecule has 3 N–H and O–H groups in total. The van der Waals surface area contributed by atoms with Crippen molar-refractivity contribution in [1.82, 2.24) is 14.5 Å². The lowest BCUT2D eigenvalue weighted by molar-refractivity contribution is -0.137. The summed E-state index contributed by atoms with van der Waals surface area (Å²) < 4.78 is 7.24. The smallest absolute Gasteiger partial charge is 0.407 e. The Bertz CT molecular complexity index is 841. The van der Waals surface area contributed by atoms with E-state index in [4.69, 9.17) is 9.84 Å². The van der Waals surface area contributed by atoms with Gasteiger partial charge in [0.2, 0.25) is 5.88 Å². The molecular weight excluding hydrogens is 354 g/mol. The Labute approximate surface area is 155 Å². The predicted molar refractivity (Wildman–Crippen MR) is 96.6 cm³/mol.